The highest BCUT2D eigenvalue weighted by atomic mass is 16.6. The molecule has 1 unspecified atom stereocenters. The summed E-state index contributed by atoms with van der Waals surface area (Å²) in [6.45, 7) is 6.70. The van der Waals surface area contributed by atoms with E-state index in [9.17, 15) is 9.59 Å². The van der Waals surface area contributed by atoms with Crippen LogP contribution in [0.25, 0.3) is 0 Å². The number of piperidine rings is 1. The summed E-state index contributed by atoms with van der Waals surface area (Å²) < 4.78 is 10.2. The summed E-state index contributed by atoms with van der Waals surface area (Å²) in [5, 5.41) is 12.1. The predicted octanol–water partition coefficient (Wildman–Crippen LogP) is 2.84. The lowest BCUT2D eigenvalue weighted by molar-refractivity contribution is 0.0498. The summed E-state index contributed by atoms with van der Waals surface area (Å²) in [5.41, 5.74) is 0.961. The van der Waals surface area contributed by atoms with Crippen LogP contribution in [0, 0.1) is 11.3 Å². The molecule has 0 saturated carbocycles. The molecular weight excluding hydrogens is 334 g/mol. The first-order valence-corrected chi connectivity index (χ1v) is 8.60. The zero-order chi connectivity index (χ0) is 19.3. The molecule has 1 aromatic rings. The molecule has 1 aliphatic heterocycles. The predicted molar refractivity (Wildman–Crippen MR) is 97.1 cm³/mol. The number of ether oxygens (including phenoxy) is 2. The van der Waals surface area contributed by atoms with Gasteiger partial charge < -0.3 is 19.7 Å². The van der Waals surface area contributed by atoms with Gasteiger partial charge in [-0.3, -0.25) is 0 Å². The summed E-state index contributed by atoms with van der Waals surface area (Å²) in [4.78, 5) is 26.1. The number of nitrogens with zero attached hydrogens (tertiary/aromatic N) is 2. The number of rotatable bonds is 3. The number of nitrogens with one attached hydrogen (secondary N) is 1. The average molecular weight is 359 g/mol. The minimum absolute atomic E-state index is 0.102. The van der Waals surface area contributed by atoms with Gasteiger partial charge in [0, 0.05) is 19.1 Å². The molecule has 1 atom stereocenters. The van der Waals surface area contributed by atoms with Crippen molar-refractivity contribution in [2.75, 3.05) is 25.1 Å². The van der Waals surface area contributed by atoms with Crippen LogP contribution in [-0.2, 0) is 9.47 Å². The second-order valence-corrected chi connectivity index (χ2v) is 7.27. The quantitative estimate of drug-likeness (QED) is 0.835. The van der Waals surface area contributed by atoms with Crippen LogP contribution in [0.15, 0.2) is 18.2 Å². The number of nitriles is 1. The summed E-state index contributed by atoms with van der Waals surface area (Å²) in [6, 6.07) is 6.87. The van der Waals surface area contributed by atoms with E-state index in [0.29, 0.717) is 23.4 Å². The van der Waals surface area contributed by atoms with Gasteiger partial charge in [0.1, 0.15) is 5.60 Å². The molecule has 0 bridgehead atoms. The largest absolute Gasteiger partial charge is 0.465 e. The molecule has 140 valence electrons. The SMILES string of the molecule is COC(=O)c1ccc(C#N)cc1N1CCCC(NC(=O)OC(C)(C)C)C1. The van der Waals surface area contributed by atoms with E-state index >= 15 is 0 Å². The van der Waals surface area contributed by atoms with Crippen LogP contribution >= 0.6 is 0 Å². The van der Waals surface area contributed by atoms with Crippen LogP contribution in [0.1, 0.15) is 49.5 Å². The van der Waals surface area contributed by atoms with Gasteiger partial charge >= 0.3 is 12.1 Å². The summed E-state index contributed by atoms with van der Waals surface area (Å²) in [6.07, 6.45) is 1.21. The first kappa shape index (κ1) is 19.6. The van der Waals surface area contributed by atoms with Gasteiger partial charge in [-0.1, -0.05) is 0 Å². The summed E-state index contributed by atoms with van der Waals surface area (Å²) in [5.74, 6) is -0.452. The van der Waals surface area contributed by atoms with Gasteiger partial charge in [-0.15, -0.1) is 0 Å². The molecule has 1 heterocycles. The average Bonchev–Trinajstić information content (AvgIpc) is 2.59. The Hall–Kier alpha value is -2.75. The van der Waals surface area contributed by atoms with Gasteiger partial charge in [-0.25, -0.2) is 9.59 Å². The van der Waals surface area contributed by atoms with Gasteiger partial charge in [-0.05, 0) is 51.8 Å². The van der Waals surface area contributed by atoms with Gasteiger partial charge in [0.25, 0.3) is 0 Å². The standard InChI is InChI=1S/C19H25N3O4/c1-19(2,3)26-18(24)21-14-6-5-9-22(12-14)16-10-13(11-20)7-8-15(16)17(23)25-4/h7-8,10,14H,5-6,9,12H2,1-4H3,(H,21,24). The minimum Gasteiger partial charge on any atom is -0.465 e. The van der Waals surface area contributed by atoms with Crippen LogP contribution in [0.3, 0.4) is 0 Å². The zero-order valence-corrected chi connectivity index (χ0v) is 15.7. The van der Waals surface area contributed by atoms with Crippen LogP contribution in [-0.4, -0.2) is 43.9 Å². The van der Waals surface area contributed by atoms with Crippen molar-refractivity contribution in [3.05, 3.63) is 29.3 Å². The third-order valence-corrected chi connectivity index (χ3v) is 4.02. The zero-order valence-electron chi connectivity index (χ0n) is 15.7. The van der Waals surface area contributed by atoms with Crippen molar-refractivity contribution in [2.24, 2.45) is 0 Å². The normalized spacial score (nSPS) is 17.2. The molecule has 1 saturated heterocycles. The first-order valence-electron chi connectivity index (χ1n) is 8.60. The lowest BCUT2D eigenvalue weighted by Crippen LogP contribution is -2.49. The Morgan fingerprint density at radius 1 is 1.35 bits per heavy atom. The number of carbonyl (C=O) groups is 2. The number of anilines is 1. The van der Waals surface area contributed by atoms with Gasteiger partial charge in [0.15, 0.2) is 0 Å². The van der Waals surface area contributed by atoms with E-state index in [1.807, 2.05) is 25.7 Å². The fourth-order valence-electron chi connectivity index (χ4n) is 2.93. The molecule has 1 aliphatic rings. The fraction of sp³-hybridized carbons (Fsp3) is 0.526. The number of hydrogen-bond donors (Lipinski definition) is 1. The van der Waals surface area contributed by atoms with E-state index in [-0.39, 0.29) is 6.04 Å². The number of carbonyl (C=O) groups excluding carboxylic acids is 2. The van der Waals surface area contributed by atoms with E-state index < -0.39 is 17.7 Å². The number of benzene rings is 1. The molecule has 7 nitrogen and oxygen atoms in total. The molecule has 1 fully saturated rings. The maximum absolute atomic E-state index is 12.1. The number of amides is 1. The summed E-state index contributed by atoms with van der Waals surface area (Å²) >= 11 is 0. The number of methoxy groups -OCH3 is 1. The molecular formula is C19H25N3O4. The molecule has 1 amide bonds. The van der Waals surface area contributed by atoms with Crippen molar-refractivity contribution >= 4 is 17.7 Å². The minimum atomic E-state index is -0.558. The molecule has 26 heavy (non-hydrogen) atoms. The van der Waals surface area contributed by atoms with E-state index in [0.717, 1.165) is 19.4 Å². The van der Waals surface area contributed by atoms with Crippen LogP contribution < -0.4 is 10.2 Å². The number of alkyl carbamates (subject to hydrolysis) is 1. The van der Waals surface area contributed by atoms with E-state index in [1.165, 1.54) is 7.11 Å². The number of esters is 1. The van der Waals surface area contributed by atoms with Crippen LogP contribution in [0.5, 0.6) is 0 Å². The molecule has 7 heteroatoms. The first-order chi connectivity index (χ1) is 12.2. The Balaban J connectivity index is 2.17. The van der Waals surface area contributed by atoms with Crippen molar-refractivity contribution in [2.45, 2.75) is 45.3 Å². The Morgan fingerprint density at radius 3 is 2.69 bits per heavy atom. The van der Waals surface area contributed by atoms with Gasteiger partial charge in [-0.2, -0.15) is 5.26 Å². The lowest BCUT2D eigenvalue weighted by Gasteiger charge is -2.35. The van der Waals surface area contributed by atoms with Crippen molar-refractivity contribution in [3.63, 3.8) is 0 Å². The third-order valence-electron chi connectivity index (χ3n) is 4.02. The highest BCUT2D eigenvalue weighted by Gasteiger charge is 2.27. The second kappa shape index (κ2) is 8.09. The van der Waals surface area contributed by atoms with E-state index in [4.69, 9.17) is 14.7 Å². The molecule has 0 aromatic heterocycles. The molecule has 1 aromatic carbocycles. The number of hydrogen-bond acceptors (Lipinski definition) is 6. The molecule has 0 spiro atoms. The monoisotopic (exact) mass is 359 g/mol. The molecule has 0 radical (unpaired) electrons. The van der Waals surface area contributed by atoms with Crippen molar-refractivity contribution in [1.82, 2.24) is 5.32 Å². The highest BCUT2D eigenvalue weighted by Crippen LogP contribution is 2.26. The summed E-state index contributed by atoms with van der Waals surface area (Å²) in [7, 11) is 1.33. The van der Waals surface area contributed by atoms with Crippen LogP contribution in [0.4, 0.5) is 10.5 Å². The van der Waals surface area contributed by atoms with Gasteiger partial charge in [0.2, 0.25) is 0 Å². The topological polar surface area (TPSA) is 91.7 Å². The van der Waals surface area contributed by atoms with Crippen molar-refractivity contribution in [1.29, 1.82) is 5.26 Å². The smallest absolute Gasteiger partial charge is 0.407 e. The van der Waals surface area contributed by atoms with E-state index in [1.54, 1.807) is 18.2 Å². The van der Waals surface area contributed by atoms with Crippen LogP contribution in [0.2, 0.25) is 0 Å². The molecule has 2 rings (SSSR count). The van der Waals surface area contributed by atoms with E-state index in [2.05, 4.69) is 11.4 Å². The fourth-order valence-corrected chi connectivity index (χ4v) is 2.93. The Labute approximate surface area is 153 Å². The Bertz CT molecular complexity index is 718. The maximum Gasteiger partial charge on any atom is 0.407 e. The molecule has 0 aliphatic carbocycles. The Kier molecular flexibility index (Phi) is 6.09. The maximum atomic E-state index is 12.1. The third kappa shape index (κ3) is 5.12. The highest BCUT2D eigenvalue weighted by molar-refractivity contribution is 5.96. The lowest BCUT2D eigenvalue weighted by atomic mass is 10.0. The second-order valence-electron chi connectivity index (χ2n) is 7.27. The Morgan fingerprint density at radius 2 is 2.08 bits per heavy atom. The van der Waals surface area contributed by atoms with Crippen molar-refractivity contribution in [3.8, 4) is 6.07 Å². The van der Waals surface area contributed by atoms with Gasteiger partial charge in [0.05, 0.1) is 30.0 Å². The molecule has 1 N–H and O–H groups in total. The van der Waals surface area contributed by atoms with Crippen molar-refractivity contribution < 1.29 is 19.1 Å².